The molecule has 0 aliphatic carbocycles. The Morgan fingerprint density at radius 3 is 2.86 bits per heavy atom. The number of hydrogen-bond donors (Lipinski definition) is 1. The summed E-state index contributed by atoms with van der Waals surface area (Å²) in [6.07, 6.45) is 3.63. The van der Waals surface area contributed by atoms with Gasteiger partial charge < -0.3 is 10.2 Å². The molecular weight excluding hydrogens is 260 g/mol. The van der Waals surface area contributed by atoms with Crippen LogP contribution in [0.25, 0.3) is 10.8 Å². The molecule has 1 N–H and O–H groups in total. The van der Waals surface area contributed by atoms with Gasteiger partial charge in [0.2, 0.25) is 0 Å². The third-order valence-electron chi connectivity index (χ3n) is 4.81. The minimum atomic E-state index is 0.172. The minimum Gasteiger partial charge on any atom is -0.316 e. The van der Waals surface area contributed by atoms with Crippen molar-refractivity contribution in [2.24, 2.45) is 5.92 Å². The highest BCUT2D eigenvalue weighted by molar-refractivity contribution is 6.24. The maximum absolute atomic E-state index is 12.7. The molecule has 2 aliphatic rings. The van der Waals surface area contributed by atoms with E-state index in [9.17, 15) is 4.79 Å². The average molecular weight is 280 g/mol. The number of rotatable bonds is 3. The van der Waals surface area contributed by atoms with Crippen LogP contribution in [0.2, 0.25) is 0 Å². The van der Waals surface area contributed by atoms with Crippen LogP contribution in [0.3, 0.4) is 0 Å². The molecule has 3 heteroatoms. The van der Waals surface area contributed by atoms with Crippen LogP contribution < -0.4 is 10.2 Å². The normalized spacial score (nSPS) is 21.2. The van der Waals surface area contributed by atoms with Crippen LogP contribution in [-0.4, -0.2) is 25.5 Å². The summed E-state index contributed by atoms with van der Waals surface area (Å²) in [6, 6.07) is 12.2. The van der Waals surface area contributed by atoms with Crippen molar-refractivity contribution in [1.29, 1.82) is 0 Å². The van der Waals surface area contributed by atoms with Crippen LogP contribution in [0.4, 0.5) is 5.69 Å². The number of anilines is 1. The van der Waals surface area contributed by atoms with Crippen LogP contribution >= 0.6 is 0 Å². The summed E-state index contributed by atoms with van der Waals surface area (Å²) in [5.41, 5.74) is 1.96. The van der Waals surface area contributed by atoms with Crippen LogP contribution in [0, 0.1) is 5.92 Å². The van der Waals surface area contributed by atoms with Gasteiger partial charge in [0.1, 0.15) is 0 Å². The Morgan fingerprint density at radius 2 is 2.05 bits per heavy atom. The van der Waals surface area contributed by atoms with Gasteiger partial charge in [-0.25, -0.2) is 0 Å². The summed E-state index contributed by atoms with van der Waals surface area (Å²) in [4.78, 5) is 14.6. The molecule has 2 aromatic carbocycles. The number of carbonyl (C=O) groups is 1. The van der Waals surface area contributed by atoms with Crippen molar-refractivity contribution in [3.05, 3.63) is 42.0 Å². The van der Waals surface area contributed by atoms with Crippen molar-refractivity contribution in [1.82, 2.24) is 5.32 Å². The number of hydrogen-bond acceptors (Lipinski definition) is 2. The topological polar surface area (TPSA) is 32.3 Å². The van der Waals surface area contributed by atoms with E-state index < -0.39 is 0 Å². The lowest BCUT2D eigenvalue weighted by molar-refractivity contribution is 0.0991. The standard InChI is InChI=1S/C18H20N2O/c21-18-15-7-1-5-14-6-2-8-16(17(14)15)20(18)11-9-13-4-3-10-19-12-13/h1-2,5-8,13,19H,3-4,9-12H2. The summed E-state index contributed by atoms with van der Waals surface area (Å²) < 4.78 is 0. The van der Waals surface area contributed by atoms with Crippen molar-refractivity contribution >= 4 is 22.4 Å². The third kappa shape index (κ3) is 2.12. The smallest absolute Gasteiger partial charge is 0.258 e. The molecule has 0 spiro atoms. The molecule has 1 atom stereocenters. The fourth-order valence-electron chi connectivity index (χ4n) is 3.68. The Labute approximate surface area is 124 Å². The number of piperidine rings is 1. The lowest BCUT2D eigenvalue weighted by Crippen LogP contribution is -2.34. The first-order chi connectivity index (χ1) is 10.3. The van der Waals surface area contributed by atoms with Crippen molar-refractivity contribution in [3.63, 3.8) is 0 Å². The lowest BCUT2D eigenvalue weighted by atomic mass is 9.96. The predicted octanol–water partition coefficient (Wildman–Crippen LogP) is 3.19. The molecule has 108 valence electrons. The van der Waals surface area contributed by atoms with E-state index in [4.69, 9.17) is 0 Å². The van der Waals surface area contributed by atoms with Crippen LogP contribution in [-0.2, 0) is 0 Å². The van der Waals surface area contributed by atoms with Crippen molar-refractivity contribution in [2.45, 2.75) is 19.3 Å². The molecule has 0 bridgehead atoms. The van der Waals surface area contributed by atoms with Gasteiger partial charge in [-0.2, -0.15) is 0 Å². The second-order valence-corrected chi connectivity index (χ2v) is 6.14. The first kappa shape index (κ1) is 12.8. The van der Waals surface area contributed by atoms with Gasteiger partial charge in [-0.15, -0.1) is 0 Å². The maximum atomic E-state index is 12.7. The van der Waals surface area contributed by atoms with E-state index in [0.717, 1.165) is 42.7 Å². The highest BCUT2D eigenvalue weighted by atomic mass is 16.2. The maximum Gasteiger partial charge on any atom is 0.258 e. The zero-order valence-electron chi connectivity index (χ0n) is 12.1. The largest absolute Gasteiger partial charge is 0.316 e. The Balaban J connectivity index is 1.60. The number of nitrogens with zero attached hydrogens (tertiary/aromatic N) is 1. The lowest BCUT2D eigenvalue weighted by Gasteiger charge is -2.25. The predicted molar refractivity (Wildman–Crippen MR) is 85.8 cm³/mol. The Hall–Kier alpha value is -1.87. The molecule has 2 heterocycles. The third-order valence-corrected chi connectivity index (χ3v) is 4.81. The Kier molecular flexibility index (Phi) is 3.15. The van der Waals surface area contributed by atoms with Gasteiger partial charge in [0.05, 0.1) is 5.69 Å². The van der Waals surface area contributed by atoms with Gasteiger partial charge in [-0.1, -0.05) is 24.3 Å². The SMILES string of the molecule is O=C1c2cccc3cccc(c23)N1CCC1CCCNC1. The first-order valence-electron chi connectivity index (χ1n) is 7.89. The number of benzene rings is 2. The fraction of sp³-hybridized carbons (Fsp3) is 0.389. The number of carbonyl (C=O) groups excluding carboxylic acids is 1. The molecule has 1 fully saturated rings. The molecule has 0 saturated carbocycles. The molecule has 1 unspecified atom stereocenters. The van der Waals surface area contributed by atoms with Gasteiger partial charge in [0, 0.05) is 17.5 Å². The van der Waals surface area contributed by atoms with Crippen LogP contribution in [0.5, 0.6) is 0 Å². The minimum absolute atomic E-state index is 0.172. The highest BCUT2D eigenvalue weighted by Crippen LogP contribution is 2.37. The summed E-state index contributed by atoms with van der Waals surface area (Å²) in [5, 5.41) is 5.75. The molecule has 4 rings (SSSR count). The molecule has 2 aromatic rings. The van der Waals surface area contributed by atoms with E-state index in [-0.39, 0.29) is 5.91 Å². The Morgan fingerprint density at radius 1 is 1.19 bits per heavy atom. The molecule has 2 aliphatic heterocycles. The zero-order chi connectivity index (χ0) is 14.2. The number of amides is 1. The molecule has 0 radical (unpaired) electrons. The molecule has 3 nitrogen and oxygen atoms in total. The molecule has 1 saturated heterocycles. The van der Waals surface area contributed by atoms with Crippen molar-refractivity contribution in [3.8, 4) is 0 Å². The summed E-state index contributed by atoms with van der Waals surface area (Å²) in [5.74, 6) is 0.875. The van der Waals surface area contributed by atoms with E-state index in [0.29, 0.717) is 5.92 Å². The molecule has 1 amide bonds. The second-order valence-electron chi connectivity index (χ2n) is 6.14. The Bertz CT molecular complexity index is 683. The van der Waals surface area contributed by atoms with E-state index in [1.165, 1.54) is 18.2 Å². The molecule has 0 aromatic heterocycles. The van der Waals surface area contributed by atoms with Gasteiger partial charge >= 0.3 is 0 Å². The zero-order valence-corrected chi connectivity index (χ0v) is 12.1. The van der Waals surface area contributed by atoms with Gasteiger partial charge in [0.25, 0.3) is 5.91 Å². The van der Waals surface area contributed by atoms with E-state index in [1.54, 1.807) is 0 Å². The van der Waals surface area contributed by atoms with E-state index in [2.05, 4.69) is 29.6 Å². The summed E-state index contributed by atoms with van der Waals surface area (Å²) in [7, 11) is 0. The monoisotopic (exact) mass is 280 g/mol. The van der Waals surface area contributed by atoms with Gasteiger partial charge in [-0.05, 0) is 55.8 Å². The van der Waals surface area contributed by atoms with Gasteiger partial charge in [-0.3, -0.25) is 4.79 Å². The second kappa shape index (κ2) is 5.15. The quantitative estimate of drug-likeness (QED) is 0.936. The van der Waals surface area contributed by atoms with Gasteiger partial charge in [0.15, 0.2) is 0 Å². The highest BCUT2D eigenvalue weighted by Gasteiger charge is 2.29. The summed E-state index contributed by atoms with van der Waals surface area (Å²) in [6.45, 7) is 3.07. The summed E-state index contributed by atoms with van der Waals surface area (Å²) >= 11 is 0. The molecule has 21 heavy (non-hydrogen) atoms. The average Bonchev–Trinajstić information content (AvgIpc) is 2.81. The fourth-order valence-corrected chi connectivity index (χ4v) is 3.68. The molecular formula is C18H20N2O. The van der Waals surface area contributed by atoms with Crippen LogP contribution in [0.15, 0.2) is 36.4 Å². The van der Waals surface area contributed by atoms with E-state index in [1.807, 2.05) is 17.0 Å². The van der Waals surface area contributed by atoms with Crippen molar-refractivity contribution < 1.29 is 4.79 Å². The van der Waals surface area contributed by atoms with E-state index >= 15 is 0 Å². The van der Waals surface area contributed by atoms with Crippen molar-refractivity contribution in [2.75, 3.05) is 24.5 Å². The first-order valence-corrected chi connectivity index (χ1v) is 7.89. The number of nitrogens with one attached hydrogen (secondary N) is 1. The van der Waals surface area contributed by atoms with Crippen LogP contribution in [0.1, 0.15) is 29.6 Å².